The van der Waals surface area contributed by atoms with Crippen LogP contribution >= 0.6 is 0 Å². The number of aliphatic hydroxyl groups excluding tert-OH is 1. The van der Waals surface area contributed by atoms with Gasteiger partial charge in [-0.25, -0.2) is 0 Å². The highest BCUT2D eigenvalue weighted by Crippen LogP contribution is 2.15. The molecule has 0 radical (unpaired) electrons. The maximum atomic E-state index is 9.24. The smallest absolute Gasteiger partial charge is 0.0834 e. The lowest BCUT2D eigenvalue weighted by molar-refractivity contribution is 0.181. The van der Waals surface area contributed by atoms with Crippen LogP contribution in [0.25, 0.3) is 0 Å². The minimum Gasteiger partial charge on any atom is -0.390 e. The summed E-state index contributed by atoms with van der Waals surface area (Å²) in [6.07, 6.45) is 0.642. The number of aliphatic hydroxyl groups is 1. The van der Waals surface area contributed by atoms with Gasteiger partial charge in [0, 0.05) is 18.8 Å². The first kappa shape index (κ1) is 13.5. The lowest BCUT2D eigenvalue weighted by Gasteiger charge is -2.19. The van der Waals surface area contributed by atoms with E-state index in [2.05, 4.69) is 32.7 Å². The van der Waals surface area contributed by atoms with Crippen molar-refractivity contribution in [2.75, 3.05) is 13.1 Å². The van der Waals surface area contributed by atoms with Crippen LogP contribution in [0.1, 0.15) is 27.2 Å². The molecule has 4 N–H and O–H groups in total. The van der Waals surface area contributed by atoms with Gasteiger partial charge in [-0.05, 0) is 18.3 Å². The van der Waals surface area contributed by atoms with E-state index in [1.54, 1.807) is 0 Å². The predicted molar refractivity (Wildman–Crippen MR) is 60.8 cm³/mol. The molecule has 0 aromatic heterocycles. The van der Waals surface area contributed by atoms with Crippen LogP contribution in [0.2, 0.25) is 0 Å². The Morgan fingerprint density at radius 2 is 2.00 bits per heavy atom. The topological polar surface area (TPSA) is 58.3 Å². The van der Waals surface area contributed by atoms with E-state index in [1.165, 1.54) is 0 Å². The van der Waals surface area contributed by atoms with Gasteiger partial charge in [0.2, 0.25) is 0 Å². The van der Waals surface area contributed by atoms with Gasteiger partial charge in [-0.2, -0.15) is 0 Å². The summed E-state index contributed by atoms with van der Waals surface area (Å²) in [5, 5.41) is 12.4. The van der Waals surface area contributed by atoms with Crippen LogP contribution in [0.4, 0.5) is 0 Å². The molecule has 2 atom stereocenters. The fourth-order valence-electron chi connectivity index (χ4n) is 1.36. The lowest BCUT2D eigenvalue weighted by Crippen LogP contribution is -2.33. The molecule has 0 spiro atoms. The highest BCUT2D eigenvalue weighted by atomic mass is 16.3. The summed E-state index contributed by atoms with van der Waals surface area (Å²) in [5.41, 5.74) is 6.29. The molecule has 0 aromatic carbocycles. The molecule has 0 saturated heterocycles. The van der Waals surface area contributed by atoms with Crippen molar-refractivity contribution in [3.05, 3.63) is 12.3 Å². The van der Waals surface area contributed by atoms with E-state index in [0.29, 0.717) is 24.9 Å². The molecule has 0 rings (SSSR count). The van der Waals surface area contributed by atoms with Gasteiger partial charge in [0.1, 0.15) is 0 Å². The fraction of sp³-hybridized carbons (Fsp3) is 0.818. The Bertz CT molecular complexity index is 169. The average molecular weight is 200 g/mol. The normalized spacial score (nSPS) is 15.3. The molecule has 0 saturated carbocycles. The lowest BCUT2D eigenvalue weighted by atomic mass is 9.96. The van der Waals surface area contributed by atoms with Crippen LogP contribution in [-0.4, -0.2) is 24.3 Å². The van der Waals surface area contributed by atoms with Gasteiger partial charge in [-0.3, -0.25) is 0 Å². The molecule has 14 heavy (non-hydrogen) atoms. The second-order valence-corrected chi connectivity index (χ2v) is 4.33. The van der Waals surface area contributed by atoms with E-state index < -0.39 is 6.10 Å². The summed E-state index contributed by atoms with van der Waals surface area (Å²) < 4.78 is 0. The molecule has 0 aliphatic carbocycles. The van der Waals surface area contributed by atoms with Crippen LogP contribution < -0.4 is 11.1 Å². The van der Waals surface area contributed by atoms with Crippen LogP contribution in [-0.2, 0) is 0 Å². The quantitative estimate of drug-likeness (QED) is 0.576. The molecule has 3 nitrogen and oxygen atoms in total. The highest BCUT2D eigenvalue weighted by molar-refractivity contribution is 4.96. The predicted octanol–water partition coefficient (Wildman–Crippen LogP) is 1.09. The van der Waals surface area contributed by atoms with Gasteiger partial charge in [0.05, 0.1) is 6.10 Å². The zero-order valence-electron chi connectivity index (χ0n) is 9.59. The Morgan fingerprint density at radius 1 is 1.43 bits per heavy atom. The molecule has 0 fully saturated rings. The minimum atomic E-state index is -0.474. The third kappa shape index (κ3) is 6.00. The molecule has 0 aromatic rings. The van der Waals surface area contributed by atoms with E-state index >= 15 is 0 Å². The third-order valence-corrected chi connectivity index (χ3v) is 2.26. The van der Waals surface area contributed by atoms with Gasteiger partial charge in [0.15, 0.2) is 0 Å². The van der Waals surface area contributed by atoms with Crippen molar-refractivity contribution in [2.24, 2.45) is 17.6 Å². The molecule has 0 aliphatic rings. The summed E-state index contributed by atoms with van der Waals surface area (Å²) >= 11 is 0. The van der Waals surface area contributed by atoms with Crippen molar-refractivity contribution in [3.8, 4) is 0 Å². The zero-order chi connectivity index (χ0) is 11.1. The Morgan fingerprint density at radius 3 is 2.43 bits per heavy atom. The first-order valence-electron chi connectivity index (χ1n) is 5.28. The molecule has 1 unspecified atom stereocenters. The van der Waals surface area contributed by atoms with Gasteiger partial charge < -0.3 is 16.2 Å². The summed E-state index contributed by atoms with van der Waals surface area (Å²) in [4.78, 5) is 0. The van der Waals surface area contributed by atoms with Crippen molar-refractivity contribution in [1.29, 1.82) is 0 Å². The van der Waals surface area contributed by atoms with Gasteiger partial charge >= 0.3 is 0 Å². The molecule has 0 aliphatic heterocycles. The number of nitrogens with one attached hydrogen (secondary N) is 1. The molecular formula is C11H24N2O. The third-order valence-electron chi connectivity index (χ3n) is 2.26. The fourth-order valence-corrected chi connectivity index (χ4v) is 1.36. The van der Waals surface area contributed by atoms with Crippen LogP contribution in [0.3, 0.4) is 0 Å². The summed E-state index contributed by atoms with van der Waals surface area (Å²) in [6.45, 7) is 11.3. The molecular weight excluding hydrogens is 176 g/mol. The average Bonchev–Trinajstić information content (AvgIpc) is 2.12. The van der Waals surface area contributed by atoms with Crippen LogP contribution in [0.5, 0.6) is 0 Å². The Balaban J connectivity index is 3.73. The van der Waals surface area contributed by atoms with E-state index in [0.717, 1.165) is 12.1 Å². The van der Waals surface area contributed by atoms with Crippen LogP contribution in [0.15, 0.2) is 12.3 Å². The molecule has 3 heteroatoms. The first-order chi connectivity index (χ1) is 6.47. The van der Waals surface area contributed by atoms with Gasteiger partial charge in [0.25, 0.3) is 0 Å². The molecule has 0 amide bonds. The van der Waals surface area contributed by atoms with Gasteiger partial charge in [-0.1, -0.05) is 27.4 Å². The first-order valence-corrected chi connectivity index (χ1v) is 5.28. The van der Waals surface area contributed by atoms with Crippen molar-refractivity contribution in [3.63, 3.8) is 0 Å². The largest absolute Gasteiger partial charge is 0.390 e. The van der Waals surface area contributed by atoms with E-state index in [-0.39, 0.29) is 0 Å². The molecule has 0 bridgehead atoms. The summed E-state index contributed by atoms with van der Waals surface area (Å²) in [5.74, 6) is 1.11. The van der Waals surface area contributed by atoms with E-state index in [9.17, 15) is 5.11 Å². The Kier molecular flexibility index (Phi) is 6.58. The van der Waals surface area contributed by atoms with E-state index in [4.69, 9.17) is 5.73 Å². The standard InChI is InChI=1S/C11H24N2O/c1-8(2)5-9(3)10(4)13-7-11(14)6-12/h8-9,11,13-14H,4-7,12H2,1-3H3/t9-,11?/m0/s1. The van der Waals surface area contributed by atoms with Crippen molar-refractivity contribution >= 4 is 0 Å². The Labute approximate surface area is 87.4 Å². The second kappa shape index (κ2) is 6.85. The van der Waals surface area contributed by atoms with Crippen molar-refractivity contribution in [2.45, 2.75) is 33.3 Å². The number of hydrogen-bond acceptors (Lipinski definition) is 3. The second-order valence-electron chi connectivity index (χ2n) is 4.33. The number of allylic oxidation sites excluding steroid dienone is 1. The highest BCUT2D eigenvalue weighted by Gasteiger charge is 2.09. The zero-order valence-corrected chi connectivity index (χ0v) is 9.59. The van der Waals surface area contributed by atoms with E-state index in [1.807, 2.05) is 0 Å². The summed E-state index contributed by atoms with van der Waals surface area (Å²) in [6, 6.07) is 0. The Hall–Kier alpha value is -0.540. The monoisotopic (exact) mass is 200 g/mol. The van der Waals surface area contributed by atoms with Crippen molar-refractivity contribution < 1.29 is 5.11 Å². The summed E-state index contributed by atoms with van der Waals surface area (Å²) in [7, 11) is 0. The SMILES string of the molecule is C=C(NCC(O)CN)[C@@H](C)CC(C)C. The number of hydrogen-bond donors (Lipinski definition) is 3. The molecule has 84 valence electrons. The van der Waals surface area contributed by atoms with Crippen LogP contribution in [0, 0.1) is 11.8 Å². The maximum absolute atomic E-state index is 9.24. The van der Waals surface area contributed by atoms with Crippen molar-refractivity contribution in [1.82, 2.24) is 5.32 Å². The number of nitrogens with two attached hydrogens (primary N) is 1. The van der Waals surface area contributed by atoms with Gasteiger partial charge in [-0.15, -0.1) is 0 Å². The maximum Gasteiger partial charge on any atom is 0.0834 e. The number of rotatable bonds is 7. The minimum absolute atomic E-state index is 0.291. The molecule has 0 heterocycles.